The molecule has 0 saturated carbocycles. The molecule has 0 bridgehead atoms. The lowest BCUT2D eigenvalue weighted by atomic mass is 10.2. The molecule has 0 aliphatic rings. The number of anilines is 1. The summed E-state index contributed by atoms with van der Waals surface area (Å²) in [5.41, 5.74) is 0.666. The molecule has 0 spiro atoms. The minimum atomic E-state index is 0.666. The minimum Gasteiger partial charge on any atom is -0.356 e. The lowest BCUT2D eigenvalue weighted by molar-refractivity contribution is 0.733. The van der Waals surface area contributed by atoms with E-state index in [4.69, 9.17) is 5.26 Å². The van der Waals surface area contributed by atoms with E-state index in [9.17, 15) is 0 Å². The number of hydrogen-bond acceptors (Lipinski definition) is 3. The first-order chi connectivity index (χ1) is 7.33. The molecule has 3 nitrogen and oxygen atoms in total. The van der Waals surface area contributed by atoms with E-state index in [1.807, 2.05) is 6.07 Å². The largest absolute Gasteiger partial charge is 0.356 e. The molecule has 0 fully saturated rings. The number of nitriles is 1. The summed E-state index contributed by atoms with van der Waals surface area (Å²) in [6.45, 7) is 6.19. The maximum atomic E-state index is 8.99. The maximum Gasteiger partial charge on any atom is 0.146 e. The predicted octanol–water partition coefficient (Wildman–Crippen LogP) is 2.58. The summed E-state index contributed by atoms with van der Waals surface area (Å²) in [5, 5.41) is 8.99. The Kier molecular flexibility index (Phi) is 4.62. The topological polar surface area (TPSA) is 39.9 Å². The molecule has 0 atom stereocenters. The standard InChI is InChI=1S/C12H17N3/c1-3-8-15(9-4-2)12-11(10-13)6-5-7-14-12/h5-7H,3-4,8-9H2,1-2H3. The second-order valence-electron chi connectivity index (χ2n) is 3.47. The molecular formula is C12H17N3. The quantitative estimate of drug-likeness (QED) is 0.738. The van der Waals surface area contributed by atoms with Crippen molar-refractivity contribution in [3.05, 3.63) is 23.9 Å². The Balaban J connectivity index is 2.94. The third kappa shape index (κ3) is 2.95. The van der Waals surface area contributed by atoms with Crippen LogP contribution in [-0.4, -0.2) is 18.1 Å². The Labute approximate surface area is 91.4 Å². The van der Waals surface area contributed by atoms with Crippen molar-refractivity contribution in [1.29, 1.82) is 5.26 Å². The molecular weight excluding hydrogens is 186 g/mol. The second kappa shape index (κ2) is 6.02. The molecule has 0 radical (unpaired) electrons. The van der Waals surface area contributed by atoms with Gasteiger partial charge in [-0.3, -0.25) is 0 Å². The fraction of sp³-hybridized carbons (Fsp3) is 0.500. The molecule has 0 aliphatic heterocycles. The van der Waals surface area contributed by atoms with Crippen molar-refractivity contribution >= 4 is 5.82 Å². The van der Waals surface area contributed by atoms with Crippen LogP contribution >= 0.6 is 0 Å². The molecule has 0 aliphatic carbocycles. The van der Waals surface area contributed by atoms with Crippen LogP contribution in [0.25, 0.3) is 0 Å². The summed E-state index contributed by atoms with van der Waals surface area (Å²) in [6, 6.07) is 5.81. The zero-order valence-corrected chi connectivity index (χ0v) is 9.40. The van der Waals surface area contributed by atoms with Crippen LogP contribution in [-0.2, 0) is 0 Å². The van der Waals surface area contributed by atoms with Gasteiger partial charge in [-0.05, 0) is 25.0 Å². The monoisotopic (exact) mass is 203 g/mol. The fourth-order valence-corrected chi connectivity index (χ4v) is 1.60. The van der Waals surface area contributed by atoms with Crippen molar-refractivity contribution in [2.45, 2.75) is 26.7 Å². The highest BCUT2D eigenvalue weighted by atomic mass is 15.2. The van der Waals surface area contributed by atoms with Crippen LogP contribution in [0.1, 0.15) is 32.3 Å². The Bertz CT molecular complexity index is 335. The van der Waals surface area contributed by atoms with Gasteiger partial charge in [-0.15, -0.1) is 0 Å². The summed E-state index contributed by atoms with van der Waals surface area (Å²) < 4.78 is 0. The van der Waals surface area contributed by atoms with Gasteiger partial charge in [0.2, 0.25) is 0 Å². The normalized spacial score (nSPS) is 9.67. The van der Waals surface area contributed by atoms with Gasteiger partial charge in [-0.1, -0.05) is 13.8 Å². The molecule has 80 valence electrons. The van der Waals surface area contributed by atoms with E-state index in [0.717, 1.165) is 31.7 Å². The van der Waals surface area contributed by atoms with Gasteiger partial charge in [0.05, 0.1) is 5.56 Å². The summed E-state index contributed by atoms with van der Waals surface area (Å²) in [7, 11) is 0. The summed E-state index contributed by atoms with van der Waals surface area (Å²) in [4.78, 5) is 6.47. The number of pyridine rings is 1. The first-order valence-electron chi connectivity index (χ1n) is 5.43. The summed E-state index contributed by atoms with van der Waals surface area (Å²) in [6.07, 6.45) is 3.89. The number of aromatic nitrogens is 1. The molecule has 0 N–H and O–H groups in total. The van der Waals surface area contributed by atoms with Gasteiger partial charge in [0, 0.05) is 19.3 Å². The lowest BCUT2D eigenvalue weighted by Gasteiger charge is -2.23. The van der Waals surface area contributed by atoms with Gasteiger partial charge in [-0.25, -0.2) is 4.98 Å². The fourth-order valence-electron chi connectivity index (χ4n) is 1.60. The third-order valence-electron chi connectivity index (χ3n) is 2.19. The Hall–Kier alpha value is -1.56. The molecule has 1 rings (SSSR count). The van der Waals surface area contributed by atoms with Crippen LogP contribution in [0.2, 0.25) is 0 Å². The van der Waals surface area contributed by atoms with Crippen molar-refractivity contribution in [1.82, 2.24) is 4.98 Å². The van der Waals surface area contributed by atoms with Crippen LogP contribution in [0, 0.1) is 11.3 Å². The van der Waals surface area contributed by atoms with Crippen LogP contribution in [0.15, 0.2) is 18.3 Å². The van der Waals surface area contributed by atoms with Gasteiger partial charge in [0.15, 0.2) is 0 Å². The van der Waals surface area contributed by atoms with Crippen LogP contribution < -0.4 is 4.90 Å². The highest BCUT2D eigenvalue weighted by Crippen LogP contribution is 2.16. The van der Waals surface area contributed by atoms with Crippen molar-refractivity contribution in [2.24, 2.45) is 0 Å². The Morgan fingerprint density at radius 1 is 1.33 bits per heavy atom. The van der Waals surface area contributed by atoms with Gasteiger partial charge < -0.3 is 4.90 Å². The van der Waals surface area contributed by atoms with E-state index < -0.39 is 0 Å². The Morgan fingerprint density at radius 3 is 2.53 bits per heavy atom. The van der Waals surface area contributed by atoms with Crippen molar-refractivity contribution in [3.63, 3.8) is 0 Å². The molecule has 0 amide bonds. The lowest BCUT2D eigenvalue weighted by Crippen LogP contribution is -2.26. The second-order valence-corrected chi connectivity index (χ2v) is 3.47. The molecule has 15 heavy (non-hydrogen) atoms. The smallest absolute Gasteiger partial charge is 0.146 e. The average Bonchev–Trinajstić information content (AvgIpc) is 2.29. The highest BCUT2D eigenvalue weighted by Gasteiger charge is 2.10. The van der Waals surface area contributed by atoms with Crippen LogP contribution in [0.5, 0.6) is 0 Å². The minimum absolute atomic E-state index is 0.666. The van der Waals surface area contributed by atoms with Crippen molar-refractivity contribution < 1.29 is 0 Å². The zero-order valence-electron chi connectivity index (χ0n) is 9.40. The summed E-state index contributed by atoms with van der Waals surface area (Å²) >= 11 is 0. The molecule has 1 aromatic rings. The SMILES string of the molecule is CCCN(CCC)c1ncccc1C#N. The summed E-state index contributed by atoms with van der Waals surface area (Å²) in [5.74, 6) is 0.823. The van der Waals surface area contributed by atoms with E-state index in [2.05, 4.69) is 29.8 Å². The van der Waals surface area contributed by atoms with Gasteiger partial charge in [0.25, 0.3) is 0 Å². The average molecular weight is 203 g/mol. The van der Waals surface area contributed by atoms with E-state index in [0.29, 0.717) is 5.56 Å². The van der Waals surface area contributed by atoms with E-state index in [-0.39, 0.29) is 0 Å². The molecule has 0 unspecified atom stereocenters. The first-order valence-corrected chi connectivity index (χ1v) is 5.43. The maximum absolute atomic E-state index is 8.99. The van der Waals surface area contributed by atoms with E-state index in [1.165, 1.54) is 0 Å². The molecule has 1 heterocycles. The zero-order chi connectivity index (χ0) is 11.1. The van der Waals surface area contributed by atoms with Crippen LogP contribution in [0.3, 0.4) is 0 Å². The molecule has 0 aromatic carbocycles. The molecule has 0 saturated heterocycles. The number of hydrogen-bond donors (Lipinski definition) is 0. The van der Waals surface area contributed by atoms with Gasteiger partial charge in [0.1, 0.15) is 11.9 Å². The highest BCUT2D eigenvalue weighted by molar-refractivity contribution is 5.53. The van der Waals surface area contributed by atoms with Crippen LogP contribution in [0.4, 0.5) is 5.82 Å². The van der Waals surface area contributed by atoms with Crippen molar-refractivity contribution in [3.8, 4) is 6.07 Å². The first kappa shape index (κ1) is 11.5. The Morgan fingerprint density at radius 2 is 2.00 bits per heavy atom. The van der Waals surface area contributed by atoms with E-state index in [1.54, 1.807) is 12.3 Å². The number of rotatable bonds is 5. The van der Waals surface area contributed by atoms with Gasteiger partial charge >= 0.3 is 0 Å². The molecule has 1 aromatic heterocycles. The number of nitrogens with zero attached hydrogens (tertiary/aromatic N) is 3. The molecule has 3 heteroatoms. The van der Waals surface area contributed by atoms with E-state index >= 15 is 0 Å². The predicted molar refractivity (Wildman–Crippen MR) is 61.7 cm³/mol. The third-order valence-corrected chi connectivity index (χ3v) is 2.19. The van der Waals surface area contributed by atoms with Crippen molar-refractivity contribution in [2.75, 3.05) is 18.0 Å². The van der Waals surface area contributed by atoms with Gasteiger partial charge in [-0.2, -0.15) is 5.26 Å².